The normalized spacial score (nSPS) is 27.0. The van der Waals surface area contributed by atoms with E-state index in [2.05, 4.69) is 4.72 Å². The van der Waals surface area contributed by atoms with Crippen molar-refractivity contribution in [3.8, 4) is 5.75 Å². The van der Waals surface area contributed by atoms with Gasteiger partial charge in [-0.1, -0.05) is 23.7 Å². The van der Waals surface area contributed by atoms with E-state index in [9.17, 15) is 18.3 Å². The van der Waals surface area contributed by atoms with E-state index in [1.165, 1.54) is 0 Å². The number of amides is 1. The second-order valence-corrected chi connectivity index (χ2v) is 10.3. The third kappa shape index (κ3) is 5.61. The maximum atomic E-state index is 12.5. The molecule has 2 aliphatic heterocycles. The van der Waals surface area contributed by atoms with E-state index in [-0.39, 0.29) is 19.1 Å². The minimum atomic E-state index is -3.47. The highest BCUT2D eigenvalue weighted by molar-refractivity contribution is 7.88. The van der Waals surface area contributed by atoms with Crippen LogP contribution in [-0.2, 0) is 19.6 Å². The quantitative estimate of drug-likeness (QED) is 0.703. The van der Waals surface area contributed by atoms with Crippen molar-refractivity contribution >= 4 is 27.5 Å². The van der Waals surface area contributed by atoms with Gasteiger partial charge in [0.15, 0.2) is 6.61 Å². The van der Waals surface area contributed by atoms with E-state index in [4.69, 9.17) is 21.1 Å². The predicted octanol–water partition coefficient (Wildman–Crippen LogP) is 1.17. The number of nitrogens with zero attached hydrogens (tertiary/aromatic N) is 1. The van der Waals surface area contributed by atoms with Crippen molar-refractivity contribution in [3.63, 3.8) is 0 Å². The zero-order chi connectivity index (χ0) is 21.3. The second kappa shape index (κ2) is 8.39. The number of aliphatic hydroxyl groups is 1. The standard InChI is InChI=1S/C19H27ClN2O6S/c1-18(24)13-28-19(11-16(18)21-29(2,25)26)7-9-22(10-8-19)17(23)12-27-15-6-4-3-5-14(15)20/h3-6,16,21,24H,7-13H2,1-2H3/t16-,18-/m0/s1. The Morgan fingerprint density at radius 1 is 1.38 bits per heavy atom. The van der Waals surface area contributed by atoms with Gasteiger partial charge in [-0.3, -0.25) is 4.79 Å². The van der Waals surface area contributed by atoms with Crippen molar-refractivity contribution in [3.05, 3.63) is 29.3 Å². The van der Waals surface area contributed by atoms with Crippen LogP contribution in [0.2, 0.25) is 5.02 Å². The summed E-state index contributed by atoms with van der Waals surface area (Å²) in [5.74, 6) is 0.317. The molecule has 3 rings (SSSR count). The number of piperidine rings is 1. The van der Waals surface area contributed by atoms with Crippen LogP contribution >= 0.6 is 11.6 Å². The third-order valence-corrected chi connectivity index (χ3v) is 6.59. The zero-order valence-corrected chi connectivity index (χ0v) is 18.1. The fourth-order valence-electron chi connectivity index (χ4n) is 3.78. The summed E-state index contributed by atoms with van der Waals surface area (Å²) in [5, 5.41) is 11.0. The fraction of sp³-hybridized carbons (Fsp3) is 0.632. The summed E-state index contributed by atoms with van der Waals surface area (Å²) in [6, 6.07) is 6.33. The molecule has 1 aromatic carbocycles. The molecule has 1 spiro atoms. The first-order valence-electron chi connectivity index (χ1n) is 9.48. The Balaban J connectivity index is 1.56. The monoisotopic (exact) mass is 446 g/mol. The summed E-state index contributed by atoms with van der Waals surface area (Å²) in [7, 11) is -3.47. The molecule has 2 heterocycles. The number of ether oxygens (including phenoxy) is 2. The molecule has 0 aromatic heterocycles. The lowest BCUT2D eigenvalue weighted by molar-refractivity contribution is -0.191. The van der Waals surface area contributed by atoms with E-state index >= 15 is 0 Å². The first-order chi connectivity index (χ1) is 13.5. The molecule has 1 aromatic rings. The first kappa shape index (κ1) is 22.3. The molecule has 0 radical (unpaired) electrons. The largest absolute Gasteiger partial charge is 0.482 e. The van der Waals surface area contributed by atoms with E-state index < -0.39 is 27.3 Å². The molecule has 10 heteroatoms. The number of carbonyl (C=O) groups excluding carboxylic acids is 1. The maximum Gasteiger partial charge on any atom is 0.260 e. The summed E-state index contributed by atoms with van der Waals surface area (Å²) in [4.78, 5) is 14.2. The Morgan fingerprint density at radius 2 is 2.03 bits per heavy atom. The van der Waals surface area contributed by atoms with Crippen LogP contribution in [0.3, 0.4) is 0 Å². The summed E-state index contributed by atoms with van der Waals surface area (Å²) in [6.45, 7) is 2.43. The van der Waals surface area contributed by atoms with Crippen molar-refractivity contribution in [2.45, 2.75) is 43.4 Å². The number of hydrogen-bond acceptors (Lipinski definition) is 6. The topological polar surface area (TPSA) is 105 Å². The van der Waals surface area contributed by atoms with Crippen LogP contribution in [0.4, 0.5) is 0 Å². The van der Waals surface area contributed by atoms with Crippen molar-refractivity contribution in [1.82, 2.24) is 9.62 Å². The lowest BCUT2D eigenvalue weighted by Gasteiger charge is -2.50. The number of carbonyl (C=O) groups is 1. The predicted molar refractivity (Wildman–Crippen MR) is 108 cm³/mol. The van der Waals surface area contributed by atoms with Gasteiger partial charge < -0.3 is 19.5 Å². The molecule has 2 N–H and O–H groups in total. The van der Waals surface area contributed by atoms with Gasteiger partial charge in [0.2, 0.25) is 10.0 Å². The maximum absolute atomic E-state index is 12.5. The highest BCUT2D eigenvalue weighted by Gasteiger charge is 2.49. The van der Waals surface area contributed by atoms with Gasteiger partial charge in [0.05, 0.1) is 29.5 Å². The Hall–Kier alpha value is -1.39. The van der Waals surface area contributed by atoms with Gasteiger partial charge in [-0.05, 0) is 38.3 Å². The molecule has 1 amide bonds. The van der Waals surface area contributed by atoms with Crippen LogP contribution in [0.5, 0.6) is 5.75 Å². The molecule has 2 saturated heterocycles. The Bertz CT molecular complexity index is 852. The number of nitrogens with one attached hydrogen (secondary N) is 1. The van der Waals surface area contributed by atoms with Crippen LogP contribution < -0.4 is 9.46 Å². The highest BCUT2D eigenvalue weighted by Crippen LogP contribution is 2.38. The van der Waals surface area contributed by atoms with Crippen molar-refractivity contribution < 1.29 is 27.8 Å². The number of likely N-dealkylation sites (tertiary alicyclic amines) is 1. The van der Waals surface area contributed by atoms with Gasteiger partial charge in [0.25, 0.3) is 5.91 Å². The van der Waals surface area contributed by atoms with Gasteiger partial charge >= 0.3 is 0 Å². The van der Waals surface area contributed by atoms with Gasteiger partial charge in [-0.2, -0.15) is 0 Å². The van der Waals surface area contributed by atoms with Crippen LogP contribution in [-0.4, -0.2) is 74.1 Å². The van der Waals surface area contributed by atoms with Gasteiger partial charge in [0, 0.05) is 13.1 Å². The average molecular weight is 447 g/mol. The number of sulfonamides is 1. The SMILES string of the molecule is C[C@]1(O)COC2(CCN(C(=O)COc3ccccc3Cl)CC2)C[C@@H]1NS(C)(=O)=O. The first-order valence-corrected chi connectivity index (χ1v) is 11.8. The van der Waals surface area contributed by atoms with Gasteiger partial charge in [-0.15, -0.1) is 0 Å². The zero-order valence-electron chi connectivity index (χ0n) is 16.6. The van der Waals surface area contributed by atoms with Crippen LogP contribution in [0.25, 0.3) is 0 Å². The van der Waals surface area contributed by atoms with Crippen LogP contribution in [0.15, 0.2) is 24.3 Å². The van der Waals surface area contributed by atoms with Gasteiger partial charge in [0.1, 0.15) is 11.4 Å². The van der Waals surface area contributed by atoms with E-state index in [1.807, 2.05) is 0 Å². The second-order valence-electron chi connectivity index (χ2n) is 8.08. The lowest BCUT2D eigenvalue weighted by Crippen LogP contribution is -2.64. The average Bonchev–Trinajstić information content (AvgIpc) is 2.64. The molecule has 0 aliphatic carbocycles. The van der Waals surface area contributed by atoms with E-state index in [0.717, 1.165) is 6.26 Å². The van der Waals surface area contributed by atoms with Crippen molar-refractivity contribution in [2.24, 2.45) is 0 Å². The number of hydrogen-bond donors (Lipinski definition) is 2. The molecule has 2 fully saturated rings. The fourth-order valence-corrected chi connectivity index (χ4v) is 4.83. The minimum absolute atomic E-state index is 0.0315. The molecule has 162 valence electrons. The lowest BCUT2D eigenvalue weighted by atomic mass is 9.78. The molecular formula is C19H27ClN2O6S. The number of rotatable bonds is 5. The Labute approximate surface area is 176 Å². The summed E-state index contributed by atoms with van der Waals surface area (Å²) < 4.78 is 37.4. The van der Waals surface area contributed by atoms with Crippen LogP contribution in [0, 0.1) is 0 Å². The summed E-state index contributed by atoms with van der Waals surface area (Å²) >= 11 is 6.04. The number of benzene rings is 1. The molecule has 2 atom stereocenters. The summed E-state index contributed by atoms with van der Waals surface area (Å²) in [5.41, 5.74) is -1.85. The van der Waals surface area contributed by atoms with Crippen molar-refractivity contribution in [1.29, 1.82) is 0 Å². The molecule has 8 nitrogen and oxygen atoms in total. The molecule has 2 aliphatic rings. The van der Waals surface area contributed by atoms with Crippen LogP contribution in [0.1, 0.15) is 26.2 Å². The van der Waals surface area contributed by atoms with E-state index in [0.29, 0.717) is 43.1 Å². The molecule has 0 bridgehead atoms. The smallest absolute Gasteiger partial charge is 0.260 e. The third-order valence-electron chi connectivity index (χ3n) is 5.57. The number of halogens is 1. The van der Waals surface area contributed by atoms with E-state index in [1.54, 1.807) is 36.1 Å². The summed E-state index contributed by atoms with van der Waals surface area (Å²) in [6.07, 6.45) is 2.54. The number of para-hydroxylation sites is 1. The van der Waals surface area contributed by atoms with Gasteiger partial charge in [-0.25, -0.2) is 13.1 Å². The molecular weight excluding hydrogens is 420 g/mol. The molecule has 0 unspecified atom stereocenters. The minimum Gasteiger partial charge on any atom is -0.482 e. The highest BCUT2D eigenvalue weighted by atomic mass is 35.5. The molecule has 0 saturated carbocycles. The molecule has 29 heavy (non-hydrogen) atoms. The van der Waals surface area contributed by atoms with Crippen molar-refractivity contribution in [2.75, 3.05) is 32.6 Å². The Kier molecular flexibility index (Phi) is 6.45. The Morgan fingerprint density at radius 3 is 2.66 bits per heavy atom.